The molecule has 0 unspecified atom stereocenters. The molecule has 34 heavy (non-hydrogen) atoms. The molecule has 182 valence electrons. The van der Waals surface area contributed by atoms with E-state index in [1.165, 1.54) is 7.05 Å². The number of anilines is 1. The molecule has 0 saturated heterocycles. The minimum Gasteiger partial charge on any atom is -0.369 e. The number of hydrogen-bond donors (Lipinski definition) is 2. The second-order valence-corrected chi connectivity index (χ2v) is 10.9. The number of nitrogens with zero attached hydrogens (tertiary/aromatic N) is 3. The summed E-state index contributed by atoms with van der Waals surface area (Å²) in [6.45, 7) is 1.69. The fourth-order valence-electron chi connectivity index (χ4n) is 4.43. The number of nitrogens with two attached hydrogens (primary N) is 1. The smallest absolute Gasteiger partial charge is 0.369 e. The molecule has 8 nitrogen and oxygen atoms in total. The topological polar surface area (TPSA) is 118 Å². The van der Waals surface area contributed by atoms with Crippen molar-refractivity contribution in [1.29, 1.82) is 0 Å². The molecule has 2 aliphatic rings. The van der Waals surface area contributed by atoms with Gasteiger partial charge in [0, 0.05) is 18.9 Å². The monoisotopic (exact) mass is 515 g/mol. The van der Waals surface area contributed by atoms with Crippen LogP contribution in [-0.2, 0) is 28.2 Å². The Labute approximate surface area is 199 Å². The van der Waals surface area contributed by atoms with Crippen LogP contribution in [0, 0.1) is 0 Å². The third-order valence-corrected chi connectivity index (χ3v) is 8.90. The van der Waals surface area contributed by atoms with Crippen molar-refractivity contribution in [2.45, 2.75) is 43.2 Å². The van der Waals surface area contributed by atoms with E-state index in [0.29, 0.717) is 37.1 Å². The van der Waals surface area contributed by atoms with Gasteiger partial charge in [0.05, 0.1) is 10.6 Å². The molecule has 1 aromatic heterocycles. The maximum Gasteiger partial charge on any atom is 0.417 e. The van der Waals surface area contributed by atoms with Crippen LogP contribution in [0.25, 0.3) is 0 Å². The molecule has 2 atom stereocenters. The van der Waals surface area contributed by atoms with Gasteiger partial charge in [0.1, 0.15) is 16.5 Å². The summed E-state index contributed by atoms with van der Waals surface area (Å²) < 4.78 is 65.7. The van der Waals surface area contributed by atoms with Gasteiger partial charge in [0.2, 0.25) is 16.0 Å². The van der Waals surface area contributed by atoms with Gasteiger partial charge in [-0.15, -0.1) is 0 Å². The zero-order valence-corrected chi connectivity index (χ0v) is 19.7. The van der Waals surface area contributed by atoms with Crippen molar-refractivity contribution in [2.24, 2.45) is 10.7 Å². The third kappa shape index (κ3) is 3.98. The quantitative estimate of drug-likeness (QED) is 0.634. The van der Waals surface area contributed by atoms with Crippen molar-refractivity contribution >= 4 is 39.2 Å². The first-order chi connectivity index (χ1) is 15.7. The summed E-state index contributed by atoms with van der Waals surface area (Å²) in [5.41, 5.74) is 5.04. The second kappa shape index (κ2) is 8.12. The number of sulfonamides is 1. The molecule has 3 N–H and O–H groups in total. The number of hydrogen-bond acceptors (Lipinski definition) is 6. The fraction of sp³-hybridized carbons (Fsp3) is 0.381. The Morgan fingerprint density at radius 1 is 1.32 bits per heavy atom. The van der Waals surface area contributed by atoms with Crippen LogP contribution < -0.4 is 11.1 Å². The Kier molecular flexibility index (Phi) is 5.80. The molecule has 13 heteroatoms. The summed E-state index contributed by atoms with van der Waals surface area (Å²) in [5, 5.41) is 1.27. The molecule has 1 aromatic carbocycles. The number of guanidine groups is 1. The number of benzene rings is 1. The number of pyridine rings is 1. The molecule has 0 saturated carbocycles. The van der Waals surface area contributed by atoms with Crippen LogP contribution in [0.5, 0.6) is 0 Å². The lowest BCUT2D eigenvalue weighted by molar-refractivity contribution is -0.137. The van der Waals surface area contributed by atoms with Gasteiger partial charge in [-0.05, 0) is 55.5 Å². The van der Waals surface area contributed by atoms with E-state index in [9.17, 15) is 26.4 Å². The van der Waals surface area contributed by atoms with Crippen molar-refractivity contribution in [3.05, 3.63) is 57.9 Å². The number of alkyl halides is 3. The van der Waals surface area contributed by atoms with Crippen LogP contribution in [0.15, 0.2) is 35.5 Å². The average molecular weight is 516 g/mol. The molecule has 0 bridgehead atoms. The summed E-state index contributed by atoms with van der Waals surface area (Å²) in [4.78, 5) is 20.8. The van der Waals surface area contributed by atoms with E-state index in [4.69, 9.17) is 17.3 Å². The molecule has 2 heterocycles. The van der Waals surface area contributed by atoms with Crippen LogP contribution in [-0.4, -0.2) is 41.9 Å². The van der Waals surface area contributed by atoms with Crippen molar-refractivity contribution in [3.8, 4) is 0 Å². The molecule has 2 aromatic rings. The summed E-state index contributed by atoms with van der Waals surface area (Å²) in [6.07, 6.45) is -2.51. The van der Waals surface area contributed by atoms with Crippen molar-refractivity contribution in [3.63, 3.8) is 0 Å². The molecule has 1 aliphatic heterocycles. The largest absolute Gasteiger partial charge is 0.417 e. The van der Waals surface area contributed by atoms with Crippen LogP contribution in [0.4, 0.5) is 18.9 Å². The molecule has 0 radical (unpaired) electrons. The second-order valence-electron chi connectivity index (χ2n) is 8.39. The van der Waals surface area contributed by atoms with Gasteiger partial charge in [-0.1, -0.05) is 17.7 Å². The first-order valence-corrected chi connectivity index (χ1v) is 12.1. The van der Waals surface area contributed by atoms with Gasteiger partial charge < -0.3 is 11.1 Å². The van der Waals surface area contributed by atoms with Gasteiger partial charge in [0.15, 0.2) is 0 Å². The highest BCUT2D eigenvalue weighted by Gasteiger charge is 2.51. The van der Waals surface area contributed by atoms with E-state index in [1.54, 1.807) is 25.1 Å². The highest BCUT2D eigenvalue weighted by Crippen LogP contribution is 2.44. The first kappa shape index (κ1) is 24.3. The summed E-state index contributed by atoms with van der Waals surface area (Å²) >= 11 is 5.88. The van der Waals surface area contributed by atoms with Gasteiger partial charge in [-0.3, -0.25) is 4.79 Å². The fourth-order valence-corrected chi connectivity index (χ4v) is 6.59. The Morgan fingerprint density at radius 3 is 2.68 bits per heavy atom. The number of aromatic nitrogens is 1. The third-order valence-electron chi connectivity index (χ3n) is 6.25. The molecular weight excluding hydrogens is 495 g/mol. The highest BCUT2D eigenvalue weighted by molar-refractivity contribution is 7.90. The Hall–Kier alpha value is -2.86. The van der Waals surface area contributed by atoms with E-state index in [1.807, 2.05) is 0 Å². The van der Waals surface area contributed by atoms with E-state index < -0.39 is 43.5 Å². The molecule has 0 spiro atoms. The Balaban J connectivity index is 1.72. The lowest BCUT2D eigenvalue weighted by Crippen LogP contribution is -2.56. The Morgan fingerprint density at radius 2 is 2.03 bits per heavy atom. The normalized spacial score (nSPS) is 23.9. The molecule has 1 aliphatic carbocycles. The van der Waals surface area contributed by atoms with Crippen LogP contribution in [0.3, 0.4) is 0 Å². The number of nitrogens with one attached hydrogen (secondary N) is 1. The minimum absolute atomic E-state index is 0.137. The summed E-state index contributed by atoms with van der Waals surface area (Å²) in [5.74, 6) is -0.949. The number of halogens is 4. The number of carbonyl (C=O) groups is 1. The number of aliphatic imine (C=N–C) groups is 1. The van der Waals surface area contributed by atoms with E-state index >= 15 is 0 Å². The molecular formula is C21H21ClF3N5O3S. The number of aryl methyl sites for hydroxylation is 1. The standard InChI is InChI=1S/C21H21ClF3N5O3S/c1-20-14-9-13(28-18(31)17-15(22)8-12(10-27-17)21(23,24)25)7-6-11(14)4-3-5-16(20)34(32,33)30(2)19(26)29-20/h6-10,16H,3-5H2,1-2H3,(H2,26,29)(H,28,31)/t16-,20+/m0/s1. The summed E-state index contributed by atoms with van der Waals surface area (Å²) in [7, 11) is -2.41. The summed E-state index contributed by atoms with van der Waals surface area (Å²) in [6, 6.07) is 5.63. The molecule has 1 amide bonds. The number of fused-ring (bicyclic) bond motifs is 3. The van der Waals surface area contributed by atoms with Gasteiger partial charge in [0.25, 0.3) is 5.91 Å². The minimum atomic E-state index is -4.65. The SMILES string of the molecule is CN1C(N)=N[C@]2(C)c3cc(NC(=O)c4ncc(C(F)(F)F)cc4Cl)ccc3CCC[C@@H]2S1(=O)=O. The lowest BCUT2D eigenvalue weighted by atomic mass is 9.86. The maximum absolute atomic E-state index is 13.1. The van der Waals surface area contributed by atoms with Crippen molar-refractivity contribution < 1.29 is 26.4 Å². The van der Waals surface area contributed by atoms with Crippen molar-refractivity contribution in [2.75, 3.05) is 12.4 Å². The van der Waals surface area contributed by atoms with Gasteiger partial charge >= 0.3 is 6.18 Å². The number of rotatable bonds is 2. The van der Waals surface area contributed by atoms with E-state index in [0.717, 1.165) is 9.87 Å². The van der Waals surface area contributed by atoms with Crippen LogP contribution in [0.1, 0.15) is 46.9 Å². The van der Waals surface area contributed by atoms with E-state index in [-0.39, 0.29) is 17.3 Å². The molecule has 0 fully saturated rings. The first-order valence-electron chi connectivity index (χ1n) is 10.3. The van der Waals surface area contributed by atoms with Crippen LogP contribution in [0.2, 0.25) is 5.02 Å². The number of amides is 1. The maximum atomic E-state index is 13.1. The van der Waals surface area contributed by atoms with Crippen molar-refractivity contribution in [1.82, 2.24) is 9.29 Å². The zero-order chi connectivity index (χ0) is 25.1. The number of carbonyl (C=O) groups excluding carboxylic acids is 1. The molecule has 4 rings (SSSR count). The lowest BCUT2D eigenvalue weighted by Gasteiger charge is -2.41. The predicted molar refractivity (Wildman–Crippen MR) is 121 cm³/mol. The Bertz CT molecular complexity index is 1320. The van der Waals surface area contributed by atoms with Gasteiger partial charge in [-0.25, -0.2) is 22.7 Å². The average Bonchev–Trinajstić information content (AvgIpc) is 2.88. The zero-order valence-electron chi connectivity index (χ0n) is 18.1. The highest BCUT2D eigenvalue weighted by atomic mass is 35.5. The van der Waals surface area contributed by atoms with Crippen LogP contribution >= 0.6 is 11.6 Å². The van der Waals surface area contributed by atoms with Gasteiger partial charge in [-0.2, -0.15) is 13.2 Å². The van der Waals surface area contributed by atoms with E-state index in [2.05, 4.69) is 15.3 Å². The predicted octanol–water partition coefficient (Wildman–Crippen LogP) is 3.52.